The third-order valence-electron chi connectivity index (χ3n) is 2.98. The molecule has 0 aliphatic carbocycles. The number of aromatic amines is 1. The van der Waals surface area contributed by atoms with Crippen molar-refractivity contribution < 1.29 is 4.79 Å². The quantitative estimate of drug-likeness (QED) is 0.786. The van der Waals surface area contributed by atoms with Gasteiger partial charge >= 0.3 is 0 Å². The molecule has 1 heterocycles. The predicted octanol–water partition coefficient (Wildman–Crippen LogP) is 3.03. The van der Waals surface area contributed by atoms with Crippen LogP contribution in [0.2, 0.25) is 0 Å². The van der Waals surface area contributed by atoms with Crippen LogP contribution in [0.3, 0.4) is 0 Å². The Morgan fingerprint density at radius 3 is 2.76 bits per heavy atom. The van der Waals surface area contributed by atoms with Gasteiger partial charge in [0, 0.05) is 12.1 Å². The smallest absolute Gasteiger partial charge is 0.240 e. The van der Waals surface area contributed by atoms with Gasteiger partial charge in [0.05, 0.1) is 17.1 Å². The normalized spacial score (nSPS) is 11.4. The average Bonchev–Trinajstić information content (AvgIpc) is 2.78. The Hall–Kier alpha value is -1.30. The SMILES string of the molecule is CCCCc1nc2ccc(NC(=O)C(C)N)cc2[nH]1.Cl.Cl. The van der Waals surface area contributed by atoms with Crippen LogP contribution in [0.1, 0.15) is 32.5 Å². The van der Waals surface area contributed by atoms with Crippen molar-refractivity contribution in [2.45, 2.75) is 39.2 Å². The maximum Gasteiger partial charge on any atom is 0.240 e. The summed E-state index contributed by atoms with van der Waals surface area (Å²) in [6.07, 6.45) is 3.22. The van der Waals surface area contributed by atoms with Crippen molar-refractivity contribution in [3.8, 4) is 0 Å². The number of amides is 1. The molecule has 0 saturated carbocycles. The molecule has 2 aromatic rings. The zero-order valence-electron chi connectivity index (χ0n) is 12.2. The van der Waals surface area contributed by atoms with Crippen LogP contribution in [0.15, 0.2) is 18.2 Å². The highest BCUT2D eigenvalue weighted by Gasteiger charge is 2.09. The van der Waals surface area contributed by atoms with Crippen LogP contribution < -0.4 is 11.1 Å². The van der Waals surface area contributed by atoms with Crippen LogP contribution in [-0.2, 0) is 11.2 Å². The number of unbranched alkanes of at least 4 members (excludes halogenated alkanes) is 1. The van der Waals surface area contributed by atoms with Gasteiger partial charge in [-0.2, -0.15) is 0 Å². The molecule has 118 valence electrons. The standard InChI is InChI=1S/C14H20N4O.2ClH/c1-3-4-5-13-17-11-7-6-10(8-12(11)18-13)16-14(19)9(2)15;;/h6-9H,3-5,15H2,1-2H3,(H,16,19)(H,17,18);2*1H. The van der Waals surface area contributed by atoms with E-state index < -0.39 is 6.04 Å². The van der Waals surface area contributed by atoms with E-state index in [0.717, 1.165) is 41.8 Å². The highest BCUT2D eigenvalue weighted by atomic mass is 35.5. The lowest BCUT2D eigenvalue weighted by molar-refractivity contribution is -0.117. The lowest BCUT2D eigenvalue weighted by Gasteiger charge is -2.07. The molecular weight excluding hydrogens is 311 g/mol. The number of rotatable bonds is 5. The fourth-order valence-electron chi connectivity index (χ4n) is 1.86. The molecule has 5 nitrogen and oxygen atoms in total. The minimum absolute atomic E-state index is 0. The summed E-state index contributed by atoms with van der Waals surface area (Å²) < 4.78 is 0. The molecule has 0 saturated heterocycles. The molecule has 2 rings (SSSR count). The first kappa shape index (κ1) is 19.7. The fourth-order valence-corrected chi connectivity index (χ4v) is 1.86. The van der Waals surface area contributed by atoms with Gasteiger partial charge in [0.1, 0.15) is 5.82 Å². The van der Waals surface area contributed by atoms with Gasteiger partial charge in [0.25, 0.3) is 0 Å². The number of halogens is 2. The summed E-state index contributed by atoms with van der Waals surface area (Å²) in [6, 6.07) is 5.11. The van der Waals surface area contributed by atoms with E-state index >= 15 is 0 Å². The van der Waals surface area contributed by atoms with E-state index in [0.29, 0.717) is 0 Å². The van der Waals surface area contributed by atoms with Crippen LogP contribution in [-0.4, -0.2) is 21.9 Å². The summed E-state index contributed by atoms with van der Waals surface area (Å²) in [7, 11) is 0. The molecule has 1 amide bonds. The van der Waals surface area contributed by atoms with Crippen molar-refractivity contribution in [1.82, 2.24) is 9.97 Å². The molecule has 1 aromatic heterocycles. The van der Waals surface area contributed by atoms with Crippen LogP contribution in [0, 0.1) is 0 Å². The lowest BCUT2D eigenvalue weighted by atomic mass is 10.2. The maximum absolute atomic E-state index is 11.5. The molecule has 21 heavy (non-hydrogen) atoms. The number of carbonyl (C=O) groups excluding carboxylic acids is 1. The van der Waals surface area contributed by atoms with Gasteiger partial charge in [-0.05, 0) is 31.5 Å². The number of aromatic nitrogens is 2. The number of nitrogens with two attached hydrogens (primary N) is 1. The van der Waals surface area contributed by atoms with Crippen molar-refractivity contribution in [2.24, 2.45) is 5.73 Å². The summed E-state index contributed by atoms with van der Waals surface area (Å²) in [4.78, 5) is 19.3. The number of anilines is 1. The molecule has 0 spiro atoms. The summed E-state index contributed by atoms with van der Waals surface area (Å²) in [5.74, 6) is 0.803. The number of nitrogens with zero attached hydrogens (tertiary/aromatic N) is 1. The molecule has 0 radical (unpaired) electrons. The molecule has 1 unspecified atom stereocenters. The van der Waals surface area contributed by atoms with Crippen LogP contribution in [0.4, 0.5) is 5.69 Å². The lowest BCUT2D eigenvalue weighted by Crippen LogP contribution is -2.32. The molecule has 0 aliphatic rings. The molecular formula is C14H22Cl2N4O. The van der Waals surface area contributed by atoms with Crippen LogP contribution >= 0.6 is 24.8 Å². The molecule has 1 aromatic carbocycles. The zero-order valence-corrected chi connectivity index (χ0v) is 13.8. The second-order valence-electron chi connectivity index (χ2n) is 4.80. The number of hydrogen-bond acceptors (Lipinski definition) is 3. The van der Waals surface area contributed by atoms with Crippen LogP contribution in [0.25, 0.3) is 11.0 Å². The number of H-pyrrole nitrogens is 1. The highest BCUT2D eigenvalue weighted by Crippen LogP contribution is 2.18. The number of carbonyl (C=O) groups is 1. The third kappa shape index (κ3) is 5.19. The minimum Gasteiger partial charge on any atom is -0.342 e. The summed E-state index contributed by atoms with van der Waals surface area (Å²) >= 11 is 0. The molecule has 7 heteroatoms. The van der Waals surface area contributed by atoms with E-state index in [2.05, 4.69) is 22.2 Å². The number of fused-ring (bicyclic) bond motifs is 1. The first-order chi connectivity index (χ1) is 9.10. The fraction of sp³-hybridized carbons (Fsp3) is 0.429. The second-order valence-corrected chi connectivity index (χ2v) is 4.80. The van der Waals surface area contributed by atoms with Gasteiger partial charge in [-0.15, -0.1) is 24.8 Å². The van der Waals surface area contributed by atoms with Gasteiger partial charge in [-0.1, -0.05) is 13.3 Å². The molecule has 0 fully saturated rings. The van der Waals surface area contributed by atoms with Gasteiger partial charge in [-0.25, -0.2) is 4.98 Å². The molecule has 4 N–H and O–H groups in total. The summed E-state index contributed by atoms with van der Waals surface area (Å²) in [5, 5.41) is 2.77. The van der Waals surface area contributed by atoms with Crippen molar-refractivity contribution in [3.63, 3.8) is 0 Å². The van der Waals surface area contributed by atoms with E-state index in [1.54, 1.807) is 6.92 Å². The number of hydrogen-bond donors (Lipinski definition) is 3. The Morgan fingerprint density at radius 2 is 2.14 bits per heavy atom. The predicted molar refractivity (Wildman–Crippen MR) is 91.5 cm³/mol. The first-order valence-electron chi connectivity index (χ1n) is 6.65. The number of imidazole rings is 1. The van der Waals surface area contributed by atoms with Crippen molar-refractivity contribution in [2.75, 3.05) is 5.32 Å². The maximum atomic E-state index is 11.5. The molecule has 0 aliphatic heterocycles. The first-order valence-corrected chi connectivity index (χ1v) is 6.65. The Balaban J connectivity index is 0.00000200. The Morgan fingerprint density at radius 1 is 1.43 bits per heavy atom. The number of benzene rings is 1. The van der Waals surface area contributed by atoms with Crippen LogP contribution in [0.5, 0.6) is 0 Å². The average molecular weight is 333 g/mol. The van der Waals surface area contributed by atoms with Crippen molar-refractivity contribution >= 4 is 47.4 Å². The van der Waals surface area contributed by atoms with E-state index in [9.17, 15) is 4.79 Å². The Kier molecular flexibility index (Phi) is 8.32. The van der Waals surface area contributed by atoms with E-state index in [-0.39, 0.29) is 30.7 Å². The minimum atomic E-state index is -0.516. The monoisotopic (exact) mass is 332 g/mol. The molecule has 0 bridgehead atoms. The van der Waals surface area contributed by atoms with Gasteiger partial charge in [0.2, 0.25) is 5.91 Å². The van der Waals surface area contributed by atoms with Crippen molar-refractivity contribution in [1.29, 1.82) is 0 Å². The highest BCUT2D eigenvalue weighted by molar-refractivity contribution is 5.96. The summed E-state index contributed by atoms with van der Waals surface area (Å²) in [6.45, 7) is 3.82. The Bertz CT molecular complexity index is 583. The van der Waals surface area contributed by atoms with E-state index in [1.807, 2.05) is 18.2 Å². The third-order valence-corrected chi connectivity index (χ3v) is 2.98. The van der Waals surface area contributed by atoms with E-state index in [1.165, 1.54) is 0 Å². The number of aryl methyl sites for hydroxylation is 1. The van der Waals surface area contributed by atoms with E-state index in [4.69, 9.17) is 5.73 Å². The zero-order chi connectivity index (χ0) is 13.8. The van der Waals surface area contributed by atoms with Gasteiger partial charge < -0.3 is 16.0 Å². The molecule has 1 atom stereocenters. The van der Waals surface area contributed by atoms with Gasteiger partial charge in [-0.3, -0.25) is 4.79 Å². The summed E-state index contributed by atoms with van der Waals surface area (Å²) in [5.41, 5.74) is 8.12. The largest absolute Gasteiger partial charge is 0.342 e. The second kappa shape index (κ2) is 8.87. The van der Waals surface area contributed by atoms with Gasteiger partial charge in [0.15, 0.2) is 0 Å². The van der Waals surface area contributed by atoms with Crippen molar-refractivity contribution in [3.05, 3.63) is 24.0 Å². The number of nitrogens with one attached hydrogen (secondary N) is 2. The Labute approximate surface area is 136 Å². The topological polar surface area (TPSA) is 83.8 Å².